The minimum Gasteiger partial charge on any atom is -0.748 e. The van der Waals surface area contributed by atoms with Crippen LogP contribution in [0.2, 0.25) is 0 Å². The third-order valence-corrected chi connectivity index (χ3v) is 7.53. The summed E-state index contributed by atoms with van der Waals surface area (Å²) in [7, 11) is -3.23. The van der Waals surface area contributed by atoms with Crippen LogP contribution in [0.3, 0.4) is 0 Å². The number of rotatable bonds is 14. The van der Waals surface area contributed by atoms with Crippen LogP contribution < -0.4 is 5.11 Å². The smallest absolute Gasteiger partial charge is 0.218 e. The van der Waals surface area contributed by atoms with Crippen molar-refractivity contribution in [2.24, 2.45) is 17.8 Å². The van der Waals surface area contributed by atoms with E-state index in [4.69, 9.17) is 28.6 Å². The molecule has 0 aromatic rings. The standard InChI is InChI=1S/C17H28O19S3/c1-6-8-9(11(14(18)19)31-15(6)28-4)17(8,2)32-16-13(34-39(24,25)26)12(33-36-38(22)23)10(27-3)7(30-16)5-29-35-37(20)21/h6-13,15-16H,5H2,1-4H3,(H,18,19)(H,20,21)(H,22,23)(H,24,25,26)/p-4/t6?,7?,8-,9+,10+,11?,12+,13?,15+,16+,17?/m1/s1. The number of carbonyl (C=O) groups is 1. The molecule has 0 bridgehead atoms. The van der Waals surface area contributed by atoms with Gasteiger partial charge in [0.05, 0.1) is 11.6 Å². The fourth-order valence-corrected chi connectivity index (χ4v) is 6.01. The normalized spacial score (nSPS) is 41.9. The van der Waals surface area contributed by atoms with Gasteiger partial charge >= 0.3 is 0 Å². The molecule has 0 spiro atoms. The van der Waals surface area contributed by atoms with Gasteiger partial charge in [-0.15, -0.1) is 8.67 Å². The Bertz CT molecular complexity index is 1020. The zero-order chi connectivity index (χ0) is 29.3. The minimum absolute atomic E-state index is 0.476. The molecule has 0 aromatic carbocycles. The highest BCUT2D eigenvalue weighted by Crippen LogP contribution is 2.63. The topological polar surface area (TPSA) is 270 Å². The monoisotopic (exact) mass is 628 g/mol. The molecule has 2 saturated heterocycles. The molecule has 0 aromatic heterocycles. The fourth-order valence-electron chi connectivity index (χ4n) is 5.25. The van der Waals surface area contributed by atoms with Crippen LogP contribution >= 0.6 is 0 Å². The zero-order valence-electron chi connectivity index (χ0n) is 20.5. The minimum atomic E-state index is -5.56. The van der Waals surface area contributed by atoms with Gasteiger partial charge in [0, 0.05) is 32.0 Å². The van der Waals surface area contributed by atoms with Crippen LogP contribution in [0.4, 0.5) is 0 Å². The first-order valence-electron chi connectivity index (χ1n) is 10.9. The molecule has 3 rings (SSSR count). The van der Waals surface area contributed by atoms with E-state index in [0.717, 1.165) is 7.11 Å². The number of carboxylic acid groups (broad SMARTS) is 1. The lowest BCUT2D eigenvalue weighted by Gasteiger charge is -2.45. The summed E-state index contributed by atoms with van der Waals surface area (Å²) in [5.74, 6) is -3.55. The van der Waals surface area contributed by atoms with Crippen molar-refractivity contribution >= 4 is 39.1 Å². The average Bonchev–Trinajstić information content (AvgIpc) is 3.43. The zero-order valence-corrected chi connectivity index (χ0v) is 22.9. The van der Waals surface area contributed by atoms with E-state index in [2.05, 4.69) is 17.7 Å². The summed E-state index contributed by atoms with van der Waals surface area (Å²) in [5, 5.41) is 11.8. The lowest BCUT2D eigenvalue weighted by atomic mass is 9.98. The molecular formula is C17H24O19S3-4. The molecule has 3 fully saturated rings. The number of fused-ring (bicyclic) bond motifs is 1. The summed E-state index contributed by atoms with van der Waals surface area (Å²) < 4.78 is 118. The van der Waals surface area contributed by atoms with Crippen LogP contribution in [-0.4, -0.2) is 106 Å². The summed E-state index contributed by atoms with van der Waals surface area (Å²) in [5.41, 5.74) is -1.46. The first-order chi connectivity index (χ1) is 18.1. The van der Waals surface area contributed by atoms with Crippen molar-refractivity contribution in [2.45, 2.75) is 62.5 Å². The highest BCUT2D eigenvalue weighted by molar-refractivity contribution is 7.80. The van der Waals surface area contributed by atoms with Gasteiger partial charge in [0.15, 0.2) is 24.8 Å². The molecule has 13 atom stereocenters. The van der Waals surface area contributed by atoms with Gasteiger partial charge in [-0.25, -0.2) is 26.6 Å². The van der Waals surface area contributed by atoms with Crippen LogP contribution in [0.15, 0.2) is 0 Å². The summed E-state index contributed by atoms with van der Waals surface area (Å²) in [6.45, 7) is 2.35. The van der Waals surface area contributed by atoms with Crippen LogP contribution in [0.5, 0.6) is 0 Å². The molecule has 0 N–H and O–H groups in total. The quantitative estimate of drug-likeness (QED) is 0.0586. The number of ether oxygens (including phenoxy) is 5. The van der Waals surface area contributed by atoms with Crippen molar-refractivity contribution in [3.05, 3.63) is 0 Å². The molecule has 1 saturated carbocycles. The van der Waals surface area contributed by atoms with Gasteiger partial charge in [0.2, 0.25) is 10.4 Å². The Morgan fingerprint density at radius 2 is 1.62 bits per heavy atom. The van der Waals surface area contributed by atoms with Crippen molar-refractivity contribution < 1.29 is 86.7 Å². The molecule has 22 heteroatoms. The Hall–Kier alpha value is -0.800. The second-order valence-electron chi connectivity index (χ2n) is 8.79. The Morgan fingerprint density at radius 1 is 0.974 bits per heavy atom. The summed E-state index contributed by atoms with van der Waals surface area (Å²) in [6, 6.07) is 0. The van der Waals surface area contributed by atoms with E-state index >= 15 is 0 Å². The Balaban J connectivity index is 1.97. The van der Waals surface area contributed by atoms with E-state index < -0.39 is 112 Å². The molecule has 0 amide bonds. The average molecular weight is 629 g/mol. The van der Waals surface area contributed by atoms with E-state index in [1.165, 1.54) is 14.0 Å². The van der Waals surface area contributed by atoms with E-state index in [1.54, 1.807) is 6.92 Å². The molecular weight excluding hydrogens is 604 g/mol. The third kappa shape index (κ3) is 7.54. The molecule has 39 heavy (non-hydrogen) atoms. The highest BCUT2D eigenvalue weighted by Gasteiger charge is 2.73. The largest absolute Gasteiger partial charge is 0.748 e. The van der Waals surface area contributed by atoms with Gasteiger partial charge in [0.1, 0.15) is 47.6 Å². The molecule has 228 valence electrons. The van der Waals surface area contributed by atoms with Crippen LogP contribution in [-0.2, 0) is 84.2 Å². The maximum Gasteiger partial charge on any atom is 0.218 e. The van der Waals surface area contributed by atoms with Gasteiger partial charge in [-0.05, 0) is 6.92 Å². The van der Waals surface area contributed by atoms with Gasteiger partial charge in [-0.1, -0.05) is 6.92 Å². The van der Waals surface area contributed by atoms with Gasteiger partial charge in [-0.2, -0.15) is 0 Å². The fraction of sp³-hybridized carbons (Fsp3) is 0.941. The van der Waals surface area contributed by atoms with Crippen molar-refractivity contribution in [2.75, 3.05) is 20.8 Å². The van der Waals surface area contributed by atoms with E-state index in [1.807, 2.05) is 0 Å². The molecule has 1 aliphatic carbocycles. The van der Waals surface area contributed by atoms with Crippen molar-refractivity contribution in [1.82, 2.24) is 0 Å². The van der Waals surface area contributed by atoms with Gasteiger partial charge in [-0.3, -0.25) is 4.18 Å². The number of aliphatic carboxylic acids is 1. The highest BCUT2D eigenvalue weighted by atomic mass is 32.3. The van der Waals surface area contributed by atoms with Gasteiger partial charge < -0.3 is 47.2 Å². The summed E-state index contributed by atoms with van der Waals surface area (Å²) >= 11 is -6.45. The summed E-state index contributed by atoms with van der Waals surface area (Å²) in [4.78, 5) is 21.1. The molecule has 2 aliphatic heterocycles. The first kappa shape index (κ1) is 32.7. The SMILES string of the molecule is CO[C@H]1OC(C(=O)[O-])[C@@H]2[C@@H](C1C)C2(C)O[C@@H]1OC(COOS(=O)[O-])[C@H](OC)[C@H](OOS(=O)[O-])C1OS(=O)(=O)[O-]. The molecule has 19 nitrogen and oxygen atoms in total. The predicted octanol–water partition coefficient (Wildman–Crippen LogP) is -3.80. The molecule has 3 aliphatic rings. The molecule has 2 heterocycles. The maximum atomic E-state index is 11.8. The second kappa shape index (κ2) is 13.0. The predicted molar refractivity (Wildman–Crippen MR) is 111 cm³/mol. The van der Waals surface area contributed by atoms with Crippen molar-refractivity contribution in [1.29, 1.82) is 0 Å². The number of carboxylic acids is 1. The number of hydrogen-bond acceptors (Lipinski definition) is 19. The van der Waals surface area contributed by atoms with Crippen LogP contribution in [0.1, 0.15) is 13.8 Å². The van der Waals surface area contributed by atoms with Crippen molar-refractivity contribution in [3.63, 3.8) is 0 Å². The van der Waals surface area contributed by atoms with E-state index in [-0.39, 0.29) is 0 Å². The summed E-state index contributed by atoms with van der Waals surface area (Å²) in [6.07, 6.45) is -11.5. The Labute approximate surface area is 227 Å². The Morgan fingerprint density at radius 3 is 2.13 bits per heavy atom. The number of hydrogen-bond donors (Lipinski definition) is 0. The Kier molecular flexibility index (Phi) is 10.9. The van der Waals surface area contributed by atoms with Gasteiger partial charge in [0.25, 0.3) is 0 Å². The lowest BCUT2D eigenvalue weighted by Crippen LogP contribution is -2.62. The van der Waals surface area contributed by atoms with Crippen LogP contribution in [0, 0.1) is 17.8 Å². The molecule has 7 unspecified atom stereocenters. The van der Waals surface area contributed by atoms with E-state index in [0.29, 0.717) is 0 Å². The number of methoxy groups -OCH3 is 2. The van der Waals surface area contributed by atoms with E-state index in [9.17, 15) is 40.4 Å². The lowest BCUT2D eigenvalue weighted by molar-refractivity contribution is -0.375. The number of carbonyl (C=O) groups excluding carboxylic acids is 1. The molecule has 0 radical (unpaired) electrons. The second-order valence-corrected chi connectivity index (χ2v) is 10.9. The maximum absolute atomic E-state index is 11.8. The first-order valence-corrected chi connectivity index (χ1v) is 14.2. The van der Waals surface area contributed by atoms with Crippen LogP contribution in [0.25, 0.3) is 0 Å². The third-order valence-electron chi connectivity index (χ3n) is 6.67. The van der Waals surface area contributed by atoms with Crippen molar-refractivity contribution in [3.8, 4) is 0 Å².